The van der Waals surface area contributed by atoms with Crippen molar-refractivity contribution in [3.63, 3.8) is 0 Å². The maximum atomic E-state index is 5.62. The van der Waals surface area contributed by atoms with Crippen LogP contribution in [-0.2, 0) is 6.54 Å². The Morgan fingerprint density at radius 2 is 2.20 bits per heavy atom. The topological polar surface area (TPSA) is 48.1 Å². The first-order valence-electron chi connectivity index (χ1n) is 4.58. The van der Waals surface area contributed by atoms with E-state index >= 15 is 0 Å². The fourth-order valence-corrected chi connectivity index (χ4v) is 1.88. The summed E-state index contributed by atoms with van der Waals surface area (Å²) in [6.07, 6.45) is 0. The van der Waals surface area contributed by atoms with Crippen molar-refractivity contribution in [1.29, 1.82) is 0 Å². The number of ether oxygens (including phenoxy) is 1. The van der Waals surface area contributed by atoms with Gasteiger partial charge in [0.25, 0.3) is 0 Å². The van der Waals surface area contributed by atoms with Gasteiger partial charge in [-0.1, -0.05) is 15.9 Å². The Hall–Kier alpha value is -1.13. The SMILES string of the molecule is COc1nc2ccc(Br)cc2cc1CN. The van der Waals surface area contributed by atoms with Gasteiger partial charge in [0.05, 0.1) is 12.6 Å². The number of fused-ring (bicyclic) bond motifs is 1. The summed E-state index contributed by atoms with van der Waals surface area (Å²) in [6.45, 7) is 0.429. The second-order valence-electron chi connectivity index (χ2n) is 3.20. The Bertz CT molecular complexity index is 499. The van der Waals surface area contributed by atoms with E-state index in [-0.39, 0.29) is 0 Å². The molecular formula is C11H11BrN2O. The lowest BCUT2D eigenvalue weighted by atomic mass is 10.1. The van der Waals surface area contributed by atoms with Crippen molar-refractivity contribution < 1.29 is 4.74 Å². The van der Waals surface area contributed by atoms with Crippen LogP contribution >= 0.6 is 15.9 Å². The lowest BCUT2D eigenvalue weighted by Gasteiger charge is -2.07. The van der Waals surface area contributed by atoms with Crippen LogP contribution < -0.4 is 10.5 Å². The number of pyridine rings is 1. The highest BCUT2D eigenvalue weighted by molar-refractivity contribution is 9.10. The molecule has 2 N–H and O–H groups in total. The van der Waals surface area contributed by atoms with Gasteiger partial charge in [0.2, 0.25) is 5.88 Å². The molecule has 0 atom stereocenters. The van der Waals surface area contributed by atoms with Crippen molar-refractivity contribution in [3.05, 3.63) is 34.3 Å². The number of hydrogen-bond donors (Lipinski definition) is 1. The molecule has 2 rings (SSSR count). The summed E-state index contributed by atoms with van der Waals surface area (Å²) in [4.78, 5) is 4.38. The Labute approximate surface area is 96.4 Å². The monoisotopic (exact) mass is 266 g/mol. The van der Waals surface area contributed by atoms with E-state index in [1.165, 1.54) is 0 Å². The summed E-state index contributed by atoms with van der Waals surface area (Å²) >= 11 is 3.42. The number of halogens is 1. The molecule has 0 fully saturated rings. The number of nitrogens with zero attached hydrogens (tertiary/aromatic N) is 1. The summed E-state index contributed by atoms with van der Waals surface area (Å²) in [7, 11) is 1.60. The fraction of sp³-hybridized carbons (Fsp3) is 0.182. The molecular weight excluding hydrogens is 256 g/mol. The maximum Gasteiger partial charge on any atom is 0.218 e. The van der Waals surface area contributed by atoms with E-state index in [0.717, 1.165) is 20.9 Å². The second-order valence-corrected chi connectivity index (χ2v) is 4.11. The van der Waals surface area contributed by atoms with Crippen molar-refractivity contribution in [2.24, 2.45) is 5.73 Å². The molecule has 0 aliphatic carbocycles. The van der Waals surface area contributed by atoms with Crippen LogP contribution in [0.5, 0.6) is 5.88 Å². The van der Waals surface area contributed by atoms with E-state index in [2.05, 4.69) is 20.9 Å². The van der Waals surface area contributed by atoms with Gasteiger partial charge in [0.15, 0.2) is 0 Å². The highest BCUT2D eigenvalue weighted by Gasteiger charge is 2.05. The van der Waals surface area contributed by atoms with E-state index in [1.807, 2.05) is 24.3 Å². The minimum absolute atomic E-state index is 0.429. The summed E-state index contributed by atoms with van der Waals surface area (Å²) < 4.78 is 6.20. The van der Waals surface area contributed by atoms with Gasteiger partial charge in [-0.2, -0.15) is 0 Å². The third kappa shape index (κ3) is 1.96. The largest absolute Gasteiger partial charge is 0.481 e. The quantitative estimate of drug-likeness (QED) is 0.909. The van der Waals surface area contributed by atoms with Crippen LogP contribution in [0.3, 0.4) is 0 Å². The Morgan fingerprint density at radius 3 is 2.87 bits per heavy atom. The van der Waals surface area contributed by atoms with E-state index in [1.54, 1.807) is 7.11 Å². The average Bonchev–Trinajstić information content (AvgIpc) is 2.27. The molecule has 0 radical (unpaired) electrons. The molecule has 2 aromatic rings. The zero-order chi connectivity index (χ0) is 10.8. The van der Waals surface area contributed by atoms with E-state index in [9.17, 15) is 0 Å². The summed E-state index contributed by atoms with van der Waals surface area (Å²) in [5, 5.41) is 1.06. The lowest BCUT2D eigenvalue weighted by molar-refractivity contribution is 0.394. The smallest absolute Gasteiger partial charge is 0.218 e. The average molecular weight is 267 g/mol. The highest BCUT2D eigenvalue weighted by atomic mass is 79.9. The molecule has 0 aliphatic heterocycles. The predicted octanol–water partition coefficient (Wildman–Crippen LogP) is 2.46. The molecule has 1 aromatic heterocycles. The van der Waals surface area contributed by atoms with Crippen LogP contribution in [-0.4, -0.2) is 12.1 Å². The number of benzene rings is 1. The molecule has 3 nitrogen and oxygen atoms in total. The maximum absolute atomic E-state index is 5.62. The van der Waals surface area contributed by atoms with Crippen molar-refractivity contribution in [2.45, 2.75) is 6.54 Å². The van der Waals surface area contributed by atoms with Gasteiger partial charge in [0.1, 0.15) is 0 Å². The van der Waals surface area contributed by atoms with Crippen molar-refractivity contribution in [1.82, 2.24) is 4.98 Å². The molecule has 0 spiro atoms. The molecule has 0 saturated carbocycles. The van der Waals surface area contributed by atoms with Crippen LogP contribution in [0.4, 0.5) is 0 Å². The van der Waals surface area contributed by atoms with Gasteiger partial charge < -0.3 is 10.5 Å². The zero-order valence-corrected chi connectivity index (χ0v) is 9.91. The van der Waals surface area contributed by atoms with E-state index < -0.39 is 0 Å². The zero-order valence-electron chi connectivity index (χ0n) is 8.33. The Balaban J connectivity index is 2.69. The van der Waals surface area contributed by atoms with Crippen molar-refractivity contribution in [3.8, 4) is 5.88 Å². The summed E-state index contributed by atoms with van der Waals surface area (Å²) in [6, 6.07) is 7.92. The molecule has 0 saturated heterocycles. The molecule has 1 aromatic carbocycles. The van der Waals surface area contributed by atoms with Crippen LogP contribution in [0.25, 0.3) is 10.9 Å². The van der Waals surface area contributed by atoms with Gasteiger partial charge in [-0.05, 0) is 24.3 Å². The molecule has 0 bridgehead atoms. The van der Waals surface area contributed by atoms with Gasteiger partial charge in [-0.15, -0.1) is 0 Å². The van der Waals surface area contributed by atoms with Crippen LogP contribution in [0.15, 0.2) is 28.7 Å². The molecule has 0 amide bonds. The molecule has 0 aliphatic rings. The molecule has 4 heteroatoms. The Morgan fingerprint density at radius 1 is 1.40 bits per heavy atom. The van der Waals surface area contributed by atoms with Crippen molar-refractivity contribution >= 4 is 26.8 Å². The Kier molecular flexibility index (Phi) is 2.88. The van der Waals surface area contributed by atoms with Gasteiger partial charge >= 0.3 is 0 Å². The first kappa shape index (κ1) is 10.4. The summed E-state index contributed by atoms with van der Waals surface area (Å²) in [5.74, 6) is 0.604. The second kappa shape index (κ2) is 4.16. The number of methoxy groups -OCH3 is 1. The molecule has 78 valence electrons. The fourth-order valence-electron chi connectivity index (χ4n) is 1.50. The van der Waals surface area contributed by atoms with Gasteiger partial charge in [-0.3, -0.25) is 0 Å². The van der Waals surface area contributed by atoms with E-state index in [4.69, 9.17) is 10.5 Å². The number of aromatic nitrogens is 1. The number of nitrogens with two attached hydrogens (primary N) is 1. The summed E-state index contributed by atoms with van der Waals surface area (Å²) in [5.41, 5.74) is 7.45. The number of hydrogen-bond acceptors (Lipinski definition) is 3. The molecule has 1 heterocycles. The minimum Gasteiger partial charge on any atom is -0.481 e. The minimum atomic E-state index is 0.429. The molecule has 0 unspecified atom stereocenters. The lowest BCUT2D eigenvalue weighted by Crippen LogP contribution is -2.01. The van der Waals surface area contributed by atoms with Gasteiger partial charge in [-0.25, -0.2) is 4.98 Å². The normalized spacial score (nSPS) is 10.6. The van der Waals surface area contributed by atoms with E-state index in [0.29, 0.717) is 12.4 Å². The molecule has 15 heavy (non-hydrogen) atoms. The number of rotatable bonds is 2. The van der Waals surface area contributed by atoms with Gasteiger partial charge in [0, 0.05) is 22.0 Å². The standard InChI is InChI=1S/C11H11BrN2O/c1-15-11-8(6-13)4-7-5-9(12)2-3-10(7)14-11/h2-5H,6,13H2,1H3. The van der Waals surface area contributed by atoms with Crippen molar-refractivity contribution in [2.75, 3.05) is 7.11 Å². The highest BCUT2D eigenvalue weighted by Crippen LogP contribution is 2.24. The van der Waals surface area contributed by atoms with Crippen LogP contribution in [0, 0.1) is 0 Å². The van der Waals surface area contributed by atoms with Crippen LogP contribution in [0.2, 0.25) is 0 Å². The third-order valence-electron chi connectivity index (χ3n) is 2.23. The first-order chi connectivity index (χ1) is 7.24. The van der Waals surface area contributed by atoms with Crippen LogP contribution in [0.1, 0.15) is 5.56 Å². The first-order valence-corrected chi connectivity index (χ1v) is 5.37. The predicted molar refractivity (Wildman–Crippen MR) is 63.9 cm³/mol. The third-order valence-corrected chi connectivity index (χ3v) is 2.72.